The topological polar surface area (TPSA) is 37.3 Å². The largest absolute Gasteiger partial charge is 0.478 e. The summed E-state index contributed by atoms with van der Waals surface area (Å²) in [4.78, 5) is 11.3. The molecule has 3 heteroatoms. The zero-order valence-corrected chi connectivity index (χ0v) is 10.1. The molecule has 0 fully saturated rings. The van der Waals surface area contributed by atoms with Gasteiger partial charge in [0.25, 0.3) is 0 Å². The number of hydrogen-bond donors (Lipinski definition) is 1. The highest BCUT2D eigenvalue weighted by Crippen LogP contribution is 2.32. The van der Waals surface area contributed by atoms with Gasteiger partial charge in [-0.1, -0.05) is 48.0 Å². The number of carboxylic acids is 1. The molecule has 0 aromatic heterocycles. The van der Waals surface area contributed by atoms with Crippen molar-refractivity contribution >= 4 is 39.1 Å². The Bertz CT molecular complexity index is 778. The molecule has 0 saturated carbocycles. The van der Waals surface area contributed by atoms with Gasteiger partial charge in [0.15, 0.2) is 0 Å². The molecule has 0 spiro atoms. The van der Waals surface area contributed by atoms with Crippen molar-refractivity contribution in [3.05, 3.63) is 59.1 Å². The van der Waals surface area contributed by atoms with Crippen LogP contribution in [0.15, 0.2) is 48.5 Å². The van der Waals surface area contributed by atoms with E-state index in [-0.39, 0.29) is 5.56 Å². The highest BCUT2D eigenvalue weighted by molar-refractivity contribution is 6.37. The minimum Gasteiger partial charge on any atom is -0.478 e. The van der Waals surface area contributed by atoms with Gasteiger partial charge in [-0.05, 0) is 28.3 Å². The van der Waals surface area contributed by atoms with Gasteiger partial charge in [0.1, 0.15) is 0 Å². The van der Waals surface area contributed by atoms with Crippen molar-refractivity contribution in [1.82, 2.24) is 0 Å². The molecule has 88 valence electrons. The van der Waals surface area contributed by atoms with Gasteiger partial charge in [-0.25, -0.2) is 4.79 Å². The normalized spacial score (nSPS) is 10.9. The lowest BCUT2D eigenvalue weighted by Gasteiger charge is -2.08. The maximum atomic E-state index is 11.3. The van der Waals surface area contributed by atoms with Gasteiger partial charge in [-0.2, -0.15) is 0 Å². The first-order chi connectivity index (χ1) is 8.68. The first-order valence-electron chi connectivity index (χ1n) is 5.52. The summed E-state index contributed by atoms with van der Waals surface area (Å²) in [5.74, 6) is -0.937. The van der Waals surface area contributed by atoms with E-state index in [0.29, 0.717) is 5.02 Å². The highest BCUT2D eigenvalue weighted by Gasteiger charge is 2.12. The third kappa shape index (κ3) is 1.54. The van der Waals surface area contributed by atoms with Crippen LogP contribution in [0.5, 0.6) is 0 Å². The highest BCUT2D eigenvalue weighted by atomic mass is 35.5. The van der Waals surface area contributed by atoms with E-state index in [2.05, 4.69) is 0 Å². The van der Waals surface area contributed by atoms with Crippen LogP contribution in [0.3, 0.4) is 0 Å². The molecular weight excluding hydrogens is 248 g/mol. The van der Waals surface area contributed by atoms with Crippen LogP contribution >= 0.6 is 11.6 Å². The molecule has 0 aliphatic carbocycles. The lowest BCUT2D eigenvalue weighted by Crippen LogP contribution is -1.98. The number of hydrogen-bond acceptors (Lipinski definition) is 1. The Labute approximate surface area is 108 Å². The van der Waals surface area contributed by atoms with Crippen LogP contribution in [0.1, 0.15) is 10.4 Å². The van der Waals surface area contributed by atoms with Crippen LogP contribution in [-0.2, 0) is 0 Å². The molecule has 0 bridgehead atoms. The molecular formula is C15H9ClO2. The third-order valence-corrected chi connectivity index (χ3v) is 3.41. The zero-order chi connectivity index (χ0) is 12.7. The molecule has 3 aromatic carbocycles. The Hall–Kier alpha value is -2.06. The van der Waals surface area contributed by atoms with Crippen LogP contribution in [0, 0.1) is 0 Å². The van der Waals surface area contributed by atoms with Crippen molar-refractivity contribution in [2.45, 2.75) is 0 Å². The Balaban J connectivity index is 2.61. The predicted octanol–water partition coefficient (Wildman–Crippen LogP) is 4.34. The van der Waals surface area contributed by atoms with E-state index >= 15 is 0 Å². The Morgan fingerprint density at radius 3 is 2.22 bits per heavy atom. The second-order valence-corrected chi connectivity index (χ2v) is 4.52. The van der Waals surface area contributed by atoms with Crippen molar-refractivity contribution < 1.29 is 9.90 Å². The number of carbonyl (C=O) groups is 1. The molecule has 0 atom stereocenters. The molecule has 0 aliphatic rings. The fourth-order valence-electron chi connectivity index (χ4n) is 2.27. The average molecular weight is 257 g/mol. The SMILES string of the molecule is O=C(O)c1cc2c(Cl)cccc2c2ccccc12. The first-order valence-corrected chi connectivity index (χ1v) is 5.89. The monoisotopic (exact) mass is 256 g/mol. The second kappa shape index (κ2) is 4.00. The van der Waals surface area contributed by atoms with Crippen molar-refractivity contribution in [2.24, 2.45) is 0 Å². The molecule has 18 heavy (non-hydrogen) atoms. The molecule has 0 amide bonds. The summed E-state index contributed by atoms with van der Waals surface area (Å²) in [5.41, 5.74) is 0.284. The number of halogens is 1. The van der Waals surface area contributed by atoms with Gasteiger partial charge < -0.3 is 5.11 Å². The van der Waals surface area contributed by atoms with Crippen molar-refractivity contribution in [3.63, 3.8) is 0 Å². The molecule has 0 aliphatic heterocycles. The van der Waals surface area contributed by atoms with Gasteiger partial charge in [0, 0.05) is 10.4 Å². The van der Waals surface area contributed by atoms with E-state index in [9.17, 15) is 9.90 Å². The summed E-state index contributed by atoms with van der Waals surface area (Å²) in [7, 11) is 0. The number of rotatable bonds is 1. The van der Waals surface area contributed by atoms with Crippen LogP contribution < -0.4 is 0 Å². The van der Waals surface area contributed by atoms with Crippen LogP contribution in [0.25, 0.3) is 21.5 Å². The fourth-order valence-corrected chi connectivity index (χ4v) is 2.50. The molecule has 3 aromatic rings. The first kappa shape index (κ1) is 11.1. The summed E-state index contributed by atoms with van der Waals surface area (Å²) >= 11 is 6.14. The maximum absolute atomic E-state index is 11.3. The van der Waals surface area contributed by atoms with Gasteiger partial charge in [0.05, 0.1) is 5.56 Å². The summed E-state index contributed by atoms with van der Waals surface area (Å²) in [6.07, 6.45) is 0. The van der Waals surface area contributed by atoms with Gasteiger partial charge in [0.2, 0.25) is 0 Å². The Morgan fingerprint density at radius 2 is 1.50 bits per heavy atom. The molecule has 0 saturated heterocycles. The molecule has 1 N–H and O–H groups in total. The third-order valence-electron chi connectivity index (χ3n) is 3.08. The van der Waals surface area contributed by atoms with E-state index in [1.54, 1.807) is 12.1 Å². The van der Waals surface area contributed by atoms with E-state index in [1.807, 2.05) is 36.4 Å². The zero-order valence-electron chi connectivity index (χ0n) is 9.35. The van der Waals surface area contributed by atoms with Crippen molar-refractivity contribution in [3.8, 4) is 0 Å². The molecule has 0 heterocycles. The predicted molar refractivity (Wildman–Crippen MR) is 73.4 cm³/mol. The van der Waals surface area contributed by atoms with Crippen molar-refractivity contribution in [1.29, 1.82) is 0 Å². The van der Waals surface area contributed by atoms with E-state index in [1.165, 1.54) is 0 Å². The van der Waals surface area contributed by atoms with Gasteiger partial charge >= 0.3 is 5.97 Å². The molecule has 0 unspecified atom stereocenters. The fraction of sp³-hybridized carbons (Fsp3) is 0. The summed E-state index contributed by atoms with van der Waals surface area (Å²) in [6.45, 7) is 0. The molecule has 3 rings (SSSR count). The lowest BCUT2D eigenvalue weighted by atomic mass is 9.97. The van der Waals surface area contributed by atoms with Crippen LogP contribution in [0.4, 0.5) is 0 Å². The Kier molecular flexibility index (Phi) is 2.46. The van der Waals surface area contributed by atoms with E-state index in [0.717, 1.165) is 21.5 Å². The number of benzene rings is 3. The minimum absolute atomic E-state index is 0.284. The summed E-state index contributed by atoms with van der Waals surface area (Å²) in [6, 6.07) is 14.7. The molecule has 0 radical (unpaired) electrons. The standard InChI is InChI=1S/C15H9ClO2/c16-14-7-3-6-10-9-4-1-2-5-11(9)13(15(17)18)8-12(10)14/h1-8H,(H,17,18). The summed E-state index contributed by atoms with van der Waals surface area (Å²) < 4.78 is 0. The Morgan fingerprint density at radius 1 is 0.889 bits per heavy atom. The van der Waals surface area contributed by atoms with Gasteiger partial charge in [-0.3, -0.25) is 0 Å². The second-order valence-electron chi connectivity index (χ2n) is 4.11. The number of aromatic carboxylic acids is 1. The summed E-state index contributed by atoms with van der Waals surface area (Å²) in [5, 5.41) is 13.3. The maximum Gasteiger partial charge on any atom is 0.336 e. The van der Waals surface area contributed by atoms with E-state index in [4.69, 9.17) is 11.6 Å². The molecule has 2 nitrogen and oxygen atoms in total. The van der Waals surface area contributed by atoms with Crippen molar-refractivity contribution in [2.75, 3.05) is 0 Å². The van der Waals surface area contributed by atoms with Crippen LogP contribution in [-0.4, -0.2) is 11.1 Å². The van der Waals surface area contributed by atoms with E-state index < -0.39 is 5.97 Å². The van der Waals surface area contributed by atoms with Crippen LogP contribution in [0.2, 0.25) is 5.02 Å². The van der Waals surface area contributed by atoms with Gasteiger partial charge in [-0.15, -0.1) is 0 Å². The smallest absolute Gasteiger partial charge is 0.336 e. The average Bonchev–Trinajstić information content (AvgIpc) is 2.38. The number of carboxylic acid groups (broad SMARTS) is 1. The quantitative estimate of drug-likeness (QED) is 0.658. The minimum atomic E-state index is -0.937. The lowest BCUT2D eigenvalue weighted by molar-refractivity contribution is 0.0699. The number of fused-ring (bicyclic) bond motifs is 3.